The van der Waals surface area contributed by atoms with Crippen molar-refractivity contribution in [2.24, 2.45) is 0 Å². The van der Waals surface area contributed by atoms with E-state index in [-0.39, 0.29) is 6.03 Å². The van der Waals surface area contributed by atoms with E-state index in [0.29, 0.717) is 0 Å². The summed E-state index contributed by atoms with van der Waals surface area (Å²) in [5, 5.41) is 4.57. The van der Waals surface area contributed by atoms with Crippen LogP contribution in [0.25, 0.3) is 43.7 Å². The van der Waals surface area contributed by atoms with Crippen LogP contribution in [0.4, 0.5) is 16.2 Å². The van der Waals surface area contributed by atoms with E-state index < -0.39 is 0 Å². The van der Waals surface area contributed by atoms with Crippen molar-refractivity contribution < 1.29 is 4.79 Å². The highest BCUT2D eigenvalue weighted by Gasteiger charge is 2.31. The second-order valence-corrected chi connectivity index (χ2v) is 8.19. The molecule has 0 radical (unpaired) electrons. The van der Waals surface area contributed by atoms with Gasteiger partial charge in [-0.15, -0.1) is 0 Å². The molecule has 0 spiro atoms. The monoisotopic (exact) mass is 410 g/mol. The normalized spacial score (nSPS) is 13.0. The summed E-state index contributed by atoms with van der Waals surface area (Å²) in [4.78, 5) is 16.1. The zero-order valence-electron chi connectivity index (χ0n) is 17.2. The summed E-state index contributed by atoms with van der Waals surface area (Å²) in [5.41, 5.74) is 5.79. The molecule has 0 atom stereocenters. The Kier molecular flexibility index (Phi) is 3.42. The van der Waals surface area contributed by atoms with Crippen LogP contribution >= 0.6 is 0 Å². The number of carbonyl (C=O) groups is 1. The molecule has 2 heterocycles. The Morgan fingerprint density at radius 1 is 0.594 bits per heavy atom. The van der Waals surface area contributed by atoms with Crippen LogP contribution in [0.1, 0.15) is 0 Å². The average molecular weight is 410 g/mol. The molecule has 0 saturated carbocycles. The van der Waals surface area contributed by atoms with Crippen molar-refractivity contribution in [3.8, 4) is 11.1 Å². The van der Waals surface area contributed by atoms with Crippen LogP contribution in [0.15, 0.2) is 109 Å². The molecule has 1 aliphatic heterocycles. The fourth-order valence-corrected chi connectivity index (χ4v) is 5.17. The fourth-order valence-electron chi connectivity index (χ4n) is 5.17. The van der Waals surface area contributed by atoms with Gasteiger partial charge in [-0.25, -0.2) is 4.79 Å². The number of rotatable bonds is 1. The lowest BCUT2D eigenvalue weighted by Crippen LogP contribution is -2.29. The molecule has 150 valence electrons. The van der Waals surface area contributed by atoms with E-state index in [0.717, 1.165) is 44.3 Å². The molecular formula is C29H18N2O. The summed E-state index contributed by atoms with van der Waals surface area (Å²) in [7, 11) is 0. The van der Waals surface area contributed by atoms with E-state index in [9.17, 15) is 4.79 Å². The predicted molar refractivity (Wildman–Crippen MR) is 132 cm³/mol. The Morgan fingerprint density at radius 2 is 1.28 bits per heavy atom. The summed E-state index contributed by atoms with van der Waals surface area (Å²) < 4.78 is 1.90. The highest BCUT2D eigenvalue weighted by atomic mass is 16.2. The number of aromatic nitrogens is 1. The topological polar surface area (TPSA) is 25.2 Å². The van der Waals surface area contributed by atoms with Gasteiger partial charge < -0.3 is 0 Å². The van der Waals surface area contributed by atoms with Crippen LogP contribution in [-0.2, 0) is 0 Å². The highest BCUT2D eigenvalue weighted by molar-refractivity contribution is 6.29. The van der Waals surface area contributed by atoms with Gasteiger partial charge in [0.05, 0.1) is 22.4 Å². The standard InChI is InChI=1S/C29H18N2O/c32-29-30(20-11-2-1-3-12-20)25-16-8-6-14-22(25)24-18-19-10-4-5-13-21(19)27-23-15-7-9-17-26(23)31(29)28(24)27/h1-18H. The van der Waals surface area contributed by atoms with Crippen molar-refractivity contribution >= 4 is 50.0 Å². The SMILES string of the molecule is O=C1N(c2ccccc2)c2ccccc2-c2cc3ccccc3c3c4ccccc4n1c23. The molecule has 1 amide bonds. The smallest absolute Gasteiger partial charge is 0.262 e. The van der Waals surface area contributed by atoms with Crippen molar-refractivity contribution in [3.63, 3.8) is 0 Å². The number of benzene rings is 5. The zero-order chi connectivity index (χ0) is 21.2. The molecule has 7 rings (SSSR count). The zero-order valence-corrected chi connectivity index (χ0v) is 17.2. The maximum absolute atomic E-state index is 14.3. The molecule has 5 aromatic carbocycles. The van der Waals surface area contributed by atoms with Gasteiger partial charge in [0.25, 0.3) is 0 Å². The van der Waals surface area contributed by atoms with Crippen molar-refractivity contribution in [1.29, 1.82) is 0 Å². The predicted octanol–water partition coefficient (Wildman–Crippen LogP) is 7.73. The maximum Gasteiger partial charge on any atom is 0.338 e. The third-order valence-electron chi connectivity index (χ3n) is 6.49. The number of carbonyl (C=O) groups excluding carboxylic acids is 1. The molecule has 32 heavy (non-hydrogen) atoms. The lowest BCUT2D eigenvalue weighted by molar-refractivity contribution is 0.251. The summed E-state index contributed by atoms with van der Waals surface area (Å²) in [6, 6.07) is 36.9. The molecule has 0 unspecified atom stereocenters. The number of fused-ring (bicyclic) bond motifs is 7. The quantitative estimate of drug-likeness (QED) is 0.272. The van der Waals surface area contributed by atoms with Gasteiger partial charge in [0.2, 0.25) is 0 Å². The Balaban J connectivity index is 1.75. The van der Waals surface area contributed by atoms with Gasteiger partial charge in [0.15, 0.2) is 0 Å². The lowest BCUT2D eigenvalue weighted by atomic mass is 9.95. The van der Waals surface area contributed by atoms with E-state index in [4.69, 9.17) is 0 Å². The average Bonchev–Trinajstić information content (AvgIpc) is 3.15. The number of hydrogen-bond acceptors (Lipinski definition) is 1. The minimum Gasteiger partial charge on any atom is -0.262 e. The summed E-state index contributed by atoms with van der Waals surface area (Å²) in [6.07, 6.45) is 0. The van der Waals surface area contributed by atoms with E-state index in [1.807, 2.05) is 76.2 Å². The first-order chi connectivity index (χ1) is 15.8. The van der Waals surface area contributed by atoms with Crippen molar-refractivity contribution in [2.45, 2.75) is 0 Å². The van der Waals surface area contributed by atoms with E-state index >= 15 is 0 Å². The fraction of sp³-hybridized carbons (Fsp3) is 0. The minimum atomic E-state index is -0.0659. The molecule has 1 aliphatic rings. The molecule has 3 heteroatoms. The number of hydrogen-bond donors (Lipinski definition) is 0. The van der Waals surface area contributed by atoms with E-state index in [2.05, 4.69) is 42.5 Å². The second kappa shape index (κ2) is 6.32. The van der Waals surface area contributed by atoms with Crippen LogP contribution in [0.3, 0.4) is 0 Å². The Morgan fingerprint density at radius 3 is 2.16 bits per heavy atom. The summed E-state index contributed by atoms with van der Waals surface area (Å²) in [5.74, 6) is 0. The van der Waals surface area contributed by atoms with Crippen molar-refractivity contribution in [1.82, 2.24) is 4.57 Å². The minimum absolute atomic E-state index is 0.0659. The lowest BCUT2D eigenvalue weighted by Gasteiger charge is -2.23. The molecule has 6 aromatic rings. The van der Waals surface area contributed by atoms with Crippen LogP contribution in [0.2, 0.25) is 0 Å². The number of para-hydroxylation sites is 3. The largest absolute Gasteiger partial charge is 0.338 e. The Labute approximate surface area is 184 Å². The maximum atomic E-state index is 14.3. The Bertz CT molecular complexity index is 1700. The summed E-state index contributed by atoms with van der Waals surface area (Å²) >= 11 is 0. The van der Waals surface area contributed by atoms with Gasteiger partial charge in [0.1, 0.15) is 0 Å². The molecule has 0 aliphatic carbocycles. The molecule has 0 fully saturated rings. The third kappa shape index (κ3) is 2.17. The van der Waals surface area contributed by atoms with Crippen LogP contribution < -0.4 is 4.90 Å². The molecule has 3 nitrogen and oxygen atoms in total. The number of nitrogens with zero attached hydrogens (tertiary/aromatic N) is 2. The molecule has 0 bridgehead atoms. The van der Waals surface area contributed by atoms with Crippen LogP contribution in [0.5, 0.6) is 0 Å². The number of anilines is 2. The summed E-state index contributed by atoms with van der Waals surface area (Å²) in [6.45, 7) is 0. The Hall–Kier alpha value is -4.37. The number of amides is 1. The first-order valence-electron chi connectivity index (χ1n) is 10.8. The van der Waals surface area contributed by atoms with Crippen LogP contribution in [-0.4, -0.2) is 10.6 Å². The van der Waals surface area contributed by atoms with Gasteiger partial charge in [-0.1, -0.05) is 78.9 Å². The molecule has 1 aromatic heterocycles. The van der Waals surface area contributed by atoms with Crippen LogP contribution in [0, 0.1) is 0 Å². The van der Waals surface area contributed by atoms with Crippen molar-refractivity contribution in [2.75, 3.05) is 4.90 Å². The van der Waals surface area contributed by atoms with Gasteiger partial charge in [-0.2, -0.15) is 0 Å². The van der Waals surface area contributed by atoms with Crippen molar-refractivity contribution in [3.05, 3.63) is 109 Å². The van der Waals surface area contributed by atoms with E-state index in [1.165, 1.54) is 10.8 Å². The van der Waals surface area contributed by atoms with Gasteiger partial charge >= 0.3 is 6.03 Å². The molecule has 0 saturated heterocycles. The van der Waals surface area contributed by atoms with E-state index in [1.54, 1.807) is 0 Å². The highest BCUT2D eigenvalue weighted by Crippen LogP contribution is 2.47. The van der Waals surface area contributed by atoms with Gasteiger partial charge in [-0.3, -0.25) is 9.47 Å². The third-order valence-corrected chi connectivity index (χ3v) is 6.49. The van der Waals surface area contributed by atoms with Gasteiger partial charge in [0, 0.05) is 21.9 Å². The molecular weight excluding hydrogens is 392 g/mol. The second-order valence-electron chi connectivity index (χ2n) is 8.19. The first kappa shape index (κ1) is 17.3. The molecule has 0 N–H and O–H groups in total. The van der Waals surface area contributed by atoms with Gasteiger partial charge in [-0.05, 0) is 41.1 Å². The first-order valence-corrected chi connectivity index (χ1v) is 10.8.